The van der Waals surface area contributed by atoms with Gasteiger partial charge in [-0.3, -0.25) is 9.69 Å². The standard InChI is InChI=1S/C29H32N8O3S/c1-2-26(38)37-10-6-9-22(19-37)31-24-15-20(18-36-11-13-39-14-12-36)16-25(32-24)33-29-30-17-23(41-29)27-34-28(40-35-27)21-7-4-3-5-8-21/h2-5,7-8,15-17,22H,1,6,9-14,18-19H2,(H2,30,31,32,33)/t22-/m0/s1. The van der Waals surface area contributed by atoms with Crippen molar-refractivity contribution in [1.82, 2.24) is 29.9 Å². The summed E-state index contributed by atoms with van der Waals surface area (Å²) in [4.78, 5) is 31.1. The summed E-state index contributed by atoms with van der Waals surface area (Å²) in [5, 5.41) is 11.8. The van der Waals surface area contributed by atoms with E-state index in [1.165, 1.54) is 17.4 Å². The molecule has 4 aromatic rings. The minimum absolute atomic E-state index is 0.0371. The Kier molecular flexibility index (Phi) is 8.31. The molecule has 12 heteroatoms. The minimum Gasteiger partial charge on any atom is -0.379 e. The van der Waals surface area contributed by atoms with Crippen LogP contribution in [0.15, 0.2) is 65.8 Å². The first-order chi connectivity index (χ1) is 20.1. The second-order valence-electron chi connectivity index (χ2n) is 10.1. The van der Waals surface area contributed by atoms with E-state index < -0.39 is 0 Å². The van der Waals surface area contributed by atoms with Crippen LogP contribution in [-0.4, -0.2) is 81.3 Å². The van der Waals surface area contributed by atoms with Crippen molar-refractivity contribution in [2.75, 3.05) is 50.0 Å². The molecule has 2 fully saturated rings. The lowest BCUT2D eigenvalue weighted by Crippen LogP contribution is -2.44. The summed E-state index contributed by atoms with van der Waals surface area (Å²) in [6, 6.07) is 13.9. The number of likely N-dealkylation sites (tertiary alicyclic amines) is 1. The molecule has 1 amide bonds. The Bertz CT molecular complexity index is 1480. The summed E-state index contributed by atoms with van der Waals surface area (Å²) in [6.07, 6.45) is 5.01. The molecule has 2 N–H and O–H groups in total. The number of benzene rings is 1. The van der Waals surface area contributed by atoms with Gasteiger partial charge in [0, 0.05) is 44.3 Å². The molecule has 2 saturated heterocycles. The van der Waals surface area contributed by atoms with Crippen LogP contribution in [0.25, 0.3) is 22.2 Å². The SMILES string of the molecule is C=CC(=O)N1CCC[C@H](Nc2cc(CN3CCOCC3)cc(Nc3ncc(-c4noc(-c5ccccc5)n4)s3)n2)C1. The Labute approximate surface area is 242 Å². The van der Waals surface area contributed by atoms with Crippen LogP contribution in [0.2, 0.25) is 0 Å². The number of aromatic nitrogens is 4. The number of pyridine rings is 1. The number of thiazole rings is 1. The summed E-state index contributed by atoms with van der Waals surface area (Å²) in [5.41, 5.74) is 1.99. The predicted molar refractivity (Wildman–Crippen MR) is 158 cm³/mol. The molecule has 0 radical (unpaired) electrons. The molecule has 2 aliphatic heterocycles. The van der Waals surface area contributed by atoms with Crippen LogP contribution in [-0.2, 0) is 16.1 Å². The monoisotopic (exact) mass is 572 g/mol. The highest BCUT2D eigenvalue weighted by molar-refractivity contribution is 7.18. The molecule has 2 aliphatic rings. The first-order valence-electron chi connectivity index (χ1n) is 13.7. The van der Waals surface area contributed by atoms with Gasteiger partial charge in [0.2, 0.25) is 11.7 Å². The molecule has 1 atom stereocenters. The van der Waals surface area contributed by atoms with E-state index in [4.69, 9.17) is 14.2 Å². The van der Waals surface area contributed by atoms with Gasteiger partial charge in [-0.25, -0.2) is 9.97 Å². The van der Waals surface area contributed by atoms with Crippen LogP contribution in [0, 0.1) is 0 Å². The van der Waals surface area contributed by atoms with E-state index in [0.717, 1.165) is 74.1 Å². The zero-order valence-electron chi connectivity index (χ0n) is 22.7. The summed E-state index contributed by atoms with van der Waals surface area (Å²) < 4.78 is 11.0. The number of hydrogen-bond donors (Lipinski definition) is 2. The first-order valence-corrected chi connectivity index (χ1v) is 14.6. The zero-order chi connectivity index (χ0) is 28.0. The van der Waals surface area contributed by atoms with Crippen molar-refractivity contribution >= 4 is 34.0 Å². The van der Waals surface area contributed by atoms with Crippen molar-refractivity contribution < 1.29 is 14.1 Å². The average Bonchev–Trinajstić information content (AvgIpc) is 3.68. The van der Waals surface area contributed by atoms with Gasteiger partial charge in [-0.1, -0.05) is 41.3 Å². The molecule has 0 saturated carbocycles. The van der Waals surface area contributed by atoms with Crippen LogP contribution < -0.4 is 10.6 Å². The third-order valence-electron chi connectivity index (χ3n) is 7.06. The normalized spacial score (nSPS) is 17.8. The maximum atomic E-state index is 12.2. The van der Waals surface area contributed by atoms with Crippen LogP contribution in [0.3, 0.4) is 0 Å². The maximum absolute atomic E-state index is 12.2. The molecule has 0 aliphatic carbocycles. The summed E-state index contributed by atoms with van der Waals surface area (Å²) in [5.74, 6) is 2.37. The molecule has 3 aromatic heterocycles. The second kappa shape index (κ2) is 12.6. The highest BCUT2D eigenvalue weighted by atomic mass is 32.1. The Morgan fingerprint density at radius 3 is 2.78 bits per heavy atom. The number of morpholine rings is 1. The van der Waals surface area contributed by atoms with Crippen molar-refractivity contribution in [2.24, 2.45) is 0 Å². The number of hydrogen-bond acceptors (Lipinski definition) is 11. The number of anilines is 3. The Morgan fingerprint density at radius 1 is 1.12 bits per heavy atom. The van der Waals surface area contributed by atoms with Gasteiger partial charge in [-0.05, 0) is 48.7 Å². The van der Waals surface area contributed by atoms with Crippen LogP contribution in [0.4, 0.5) is 16.8 Å². The predicted octanol–water partition coefficient (Wildman–Crippen LogP) is 4.42. The number of rotatable bonds is 9. The lowest BCUT2D eigenvalue weighted by atomic mass is 10.1. The Balaban J connectivity index is 1.20. The molecule has 41 heavy (non-hydrogen) atoms. The fourth-order valence-electron chi connectivity index (χ4n) is 5.03. The van der Waals surface area contributed by atoms with Gasteiger partial charge in [0.25, 0.3) is 5.89 Å². The molecule has 1 aromatic carbocycles. The van der Waals surface area contributed by atoms with Crippen molar-refractivity contribution in [3.8, 4) is 22.2 Å². The summed E-state index contributed by atoms with van der Waals surface area (Å²) >= 11 is 1.43. The van der Waals surface area contributed by atoms with Gasteiger partial charge >= 0.3 is 0 Å². The molecule has 0 spiro atoms. The van der Waals surface area contributed by atoms with E-state index in [-0.39, 0.29) is 11.9 Å². The van der Waals surface area contributed by atoms with E-state index in [1.807, 2.05) is 35.2 Å². The number of carbonyl (C=O) groups is 1. The van der Waals surface area contributed by atoms with Crippen LogP contribution in [0.1, 0.15) is 18.4 Å². The van der Waals surface area contributed by atoms with Crippen molar-refractivity contribution in [1.29, 1.82) is 0 Å². The van der Waals surface area contributed by atoms with E-state index >= 15 is 0 Å². The van der Waals surface area contributed by atoms with Crippen LogP contribution in [0.5, 0.6) is 0 Å². The van der Waals surface area contributed by atoms with Crippen LogP contribution >= 0.6 is 11.3 Å². The summed E-state index contributed by atoms with van der Waals surface area (Å²) in [6.45, 7) is 9.04. The second-order valence-corrected chi connectivity index (χ2v) is 11.1. The number of carbonyl (C=O) groups excluding carboxylic acids is 1. The molecule has 212 valence electrons. The first kappa shape index (κ1) is 27.1. The Hall–Kier alpha value is -4.13. The Morgan fingerprint density at radius 2 is 1.95 bits per heavy atom. The lowest BCUT2D eigenvalue weighted by molar-refractivity contribution is -0.127. The van der Waals surface area contributed by atoms with Crippen molar-refractivity contribution in [3.05, 3.63) is 66.9 Å². The highest BCUT2D eigenvalue weighted by Gasteiger charge is 2.23. The number of amides is 1. The average molecular weight is 573 g/mol. The van der Waals surface area contributed by atoms with Crippen molar-refractivity contribution in [2.45, 2.75) is 25.4 Å². The third kappa shape index (κ3) is 6.79. The van der Waals surface area contributed by atoms with Gasteiger partial charge in [0.15, 0.2) is 5.13 Å². The number of ether oxygens (including phenoxy) is 1. The number of nitrogens with zero attached hydrogens (tertiary/aromatic N) is 6. The quantitative estimate of drug-likeness (QED) is 0.279. The van der Waals surface area contributed by atoms with Gasteiger partial charge < -0.3 is 24.8 Å². The molecule has 11 nitrogen and oxygen atoms in total. The van der Waals surface area contributed by atoms with Gasteiger partial charge in [0.05, 0.1) is 24.3 Å². The van der Waals surface area contributed by atoms with Gasteiger partial charge in [-0.2, -0.15) is 4.98 Å². The fraction of sp³-hybridized carbons (Fsp3) is 0.345. The topological polar surface area (TPSA) is 122 Å². The van der Waals surface area contributed by atoms with Crippen molar-refractivity contribution in [3.63, 3.8) is 0 Å². The van der Waals surface area contributed by atoms with Gasteiger partial charge in [-0.15, -0.1) is 0 Å². The highest BCUT2D eigenvalue weighted by Crippen LogP contribution is 2.31. The van der Waals surface area contributed by atoms with E-state index in [0.29, 0.717) is 29.2 Å². The number of nitrogens with one attached hydrogen (secondary N) is 2. The molecule has 6 rings (SSSR count). The fourth-order valence-corrected chi connectivity index (χ4v) is 5.78. The zero-order valence-corrected chi connectivity index (χ0v) is 23.5. The molecular formula is C29H32N8O3S. The number of piperidine rings is 1. The van der Waals surface area contributed by atoms with E-state index in [2.05, 4.69) is 49.4 Å². The molecule has 5 heterocycles. The lowest BCUT2D eigenvalue weighted by Gasteiger charge is -2.33. The third-order valence-corrected chi connectivity index (χ3v) is 7.97. The van der Waals surface area contributed by atoms with E-state index in [9.17, 15) is 4.79 Å². The van der Waals surface area contributed by atoms with Gasteiger partial charge in [0.1, 0.15) is 11.6 Å². The maximum Gasteiger partial charge on any atom is 0.258 e. The van der Waals surface area contributed by atoms with E-state index in [1.54, 1.807) is 6.20 Å². The minimum atomic E-state index is -0.0371. The summed E-state index contributed by atoms with van der Waals surface area (Å²) in [7, 11) is 0. The molecule has 0 unspecified atom stereocenters. The molecule has 0 bridgehead atoms. The molecular weight excluding hydrogens is 540 g/mol. The largest absolute Gasteiger partial charge is 0.379 e. The smallest absolute Gasteiger partial charge is 0.258 e.